The summed E-state index contributed by atoms with van der Waals surface area (Å²) >= 11 is 0. The summed E-state index contributed by atoms with van der Waals surface area (Å²) in [6, 6.07) is 0. The van der Waals surface area contributed by atoms with Crippen LogP contribution in [0.3, 0.4) is 0 Å². The van der Waals surface area contributed by atoms with Gasteiger partial charge in [0.05, 0.1) is 13.2 Å². The van der Waals surface area contributed by atoms with Crippen LogP contribution >= 0.6 is 0 Å². The highest BCUT2D eigenvalue weighted by Gasteiger charge is 2.44. The van der Waals surface area contributed by atoms with E-state index in [0.717, 1.165) is 45.5 Å². The minimum atomic E-state index is -0.529. The fourth-order valence-electron chi connectivity index (χ4n) is 3.55. The van der Waals surface area contributed by atoms with Crippen molar-refractivity contribution in [1.29, 1.82) is 0 Å². The van der Waals surface area contributed by atoms with E-state index in [4.69, 9.17) is 18.9 Å². The monoisotopic (exact) mass is 358 g/mol. The minimum Gasteiger partial charge on any atom is -0.379 e. The second-order valence-electron chi connectivity index (χ2n) is 7.92. The SMILES string of the molecule is CCCCCCCCC(C)(CCCCOCC1CO1)C(C)(OC)OC. The van der Waals surface area contributed by atoms with Crippen LogP contribution in [0.25, 0.3) is 0 Å². The molecule has 0 aliphatic carbocycles. The molecule has 0 aromatic heterocycles. The van der Waals surface area contributed by atoms with Crippen LogP contribution in [-0.2, 0) is 18.9 Å². The Hall–Kier alpha value is -0.160. The molecule has 150 valence electrons. The minimum absolute atomic E-state index is 0.0286. The molecule has 1 aliphatic heterocycles. The van der Waals surface area contributed by atoms with Gasteiger partial charge in [-0.05, 0) is 26.2 Å². The van der Waals surface area contributed by atoms with E-state index in [-0.39, 0.29) is 5.41 Å². The maximum Gasteiger partial charge on any atom is 0.170 e. The zero-order valence-electron chi connectivity index (χ0n) is 17.4. The number of methoxy groups -OCH3 is 2. The van der Waals surface area contributed by atoms with E-state index >= 15 is 0 Å². The normalized spacial score (nSPS) is 19.8. The number of epoxide rings is 1. The number of rotatable bonds is 17. The van der Waals surface area contributed by atoms with Gasteiger partial charge in [-0.2, -0.15) is 0 Å². The molecule has 0 amide bonds. The van der Waals surface area contributed by atoms with Gasteiger partial charge in [0, 0.05) is 26.2 Å². The average Bonchev–Trinajstić information content (AvgIpc) is 3.44. The highest BCUT2D eigenvalue weighted by atomic mass is 16.7. The fraction of sp³-hybridized carbons (Fsp3) is 1.00. The Labute approximate surface area is 155 Å². The van der Waals surface area contributed by atoms with Crippen LogP contribution in [-0.4, -0.2) is 45.9 Å². The second kappa shape index (κ2) is 12.3. The average molecular weight is 359 g/mol. The molecule has 0 radical (unpaired) electrons. The van der Waals surface area contributed by atoms with Gasteiger partial charge in [0.1, 0.15) is 6.10 Å². The van der Waals surface area contributed by atoms with Gasteiger partial charge in [0.15, 0.2) is 5.79 Å². The van der Waals surface area contributed by atoms with E-state index in [1.165, 1.54) is 38.5 Å². The highest BCUT2D eigenvalue weighted by molar-refractivity contribution is 4.87. The molecule has 1 saturated heterocycles. The molecule has 1 fully saturated rings. The number of hydrogen-bond donors (Lipinski definition) is 0. The van der Waals surface area contributed by atoms with Crippen LogP contribution in [0.2, 0.25) is 0 Å². The fourth-order valence-corrected chi connectivity index (χ4v) is 3.55. The standard InChI is InChI=1S/C21H42O4/c1-6-7-8-9-10-11-14-20(2,21(3,22-4)23-5)15-12-13-16-24-17-19-18-25-19/h19H,6-18H2,1-5H3. The summed E-state index contributed by atoms with van der Waals surface area (Å²) in [5.41, 5.74) is 0.0286. The van der Waals surface area contributed by atoms with E-state index in [2.05, 4.69) is 20.8 Å². The van der Waals surface area contributed by atoms with Crippen molar-refractivity contribution in [1.82, 2.24) is 0 Å². The summed E-state index contributed by atoms with van der Waals surface area (Å²) in [5, 5.41) is 0. The van der Waals surface area contributed by atoms with Crippen molar-refractivity contribution >= 4 is 0 Å². The Kier molecular flexibility index (Phi) is 11.2. The molecule has 0 saturated carbocycles. The first-order chi connectivity index (χ1) is 12.0. The number of hydrogen-bond acceptors (Lipinski definition) is 4. The van der Waals surface area contributed by atoms with E-state index in [1.54, 1.807) is 14.2 Å². The lowest BCUT2D eigenvalue weighted by Gasteiger charge is -2.44. The first-order valence-corrected chi connectivity index (χ1v) is 10.3. The third-order valence-electron chi connectivity index (χ3n) is 5.93. The quantitative estimate of drug-likeness (QED) is 0.200. The summed E-state index contributed by atoms with van der Waals surface area (Å²) in [6.45, 7) is 9.12. The topological polar surface area (TPSA) is 40.2 Å². The van der Waals surface area contributed by atoms with Crippen molar-refractivity contribution in [3.05, 3.63) is 0 Å². The number of ether oxygens (including phenoxy) is 4. The molecule has 0 aromatic carbocycles. The molecule has 4 nitrogen and oxygen atoms in total. The third kappa shape index (κ3) is 8.38. The zero-order chi connectivity index (χ0) is 18.6. The molecule has 1 heterocycles. The number of unbranched alkanes of at least 4 members (excludes halogenated alkanes) is 6. The Balaban J connectivity index is 2.35. The summed E-state index contributed by atoms with van der Waals surface area (Å²) in [7, 11) is 3.53. The Morgan fingerprint density at radius 2 is 1.44 bits per heavy atom. The van der Waals surface area contributed by atoms with E-state index in [1.807, 2.05) is 0 Å². The lowest BCUT2D eigenvalue weighted by molar-refractivity contribution is -0.265. The molecule has 0 N–H and O–H groups in total. The van der Waals surface area contributed by atoms with Crippen LogP contribution in [0.1, 0.15) is 85.0 Å². The first kappa shape index (κ1) is 22.9. The predicted molar refractivity (Wildman–Crippen MR) is 103 cm³/mol. The molecule has 4 heteroatoms. The van der Waals surface area contributed by atoms with Gasteiger partial charge in [0.25, 0.3) is 0 Å². The maximum atomic E-state index is 5.80. The molecular weight excluding hydrogens is 316 g/mol. The van der Waals surface area contributed by atoms with Crippen LogP contribution in [0, 0.1) is 5.41 Å². The predicted octanol–water partition coefficient (Wildman–Crippen LogP) is 5.34. The summed E-state index contributed by atoms with van der Waals surface area (Å²) < 4.78 is 22.4. The third-order valence-corrected chi connectivity index (χ3v) is 5.93. The Bertz CT molecular complexity index is 326. The second-order valence-corrected chi connectivity index (χ2v) is 7.92. The molecular formula is C21H42O4. The maximum absolute atomic E-state index is 5.80. The van der Waals surface area contributed by atoms with Gasteiger partial charge in [-0.25, -0.2) is 0 Å². The molecule has 0 bridgehead atoms. The molecule has 1 aliphatic rings. The van der Waals surface area contributed by atoms with Crippen LogP contribution in [0.5, 0.6) is 0 Å². The smallest absolute Gasteiger partial charge is 0.170 e. The largest absolute Gasteiger partial charge is 0.379 e. The van der Waals surface area contributed by atoms with Gasteiger partial charge >= 0.3 is 0 Å². The first-order valence-electron chi connectivity index (χ1n) is 10.3. The van der Waals surface area contributed by atoms with Gasteiger partial charge in [-0.1, -0.05) is 58.8 Å². The van der Waals surface area contributed by atoms with E-state index in [9.17, 15) is 0 Å². The summed E-state index contributed by atoms with van der Waals surface area (Å²) in [4.78, 5) is 0. The van der Waals surface area contributed by atoms with Crippen molar-refractivity contribution in [2.24, 2.45) is 5.41 Å². The highest BCUT2D eigenvalue weighted by Crippen LogP contribution is 2.43. The molecule has 2 unspecified atom stereocenters. The molecule has 1 rings (SSSR count). The lowest BCUT2D eigenvalue weighted by atomic mass is 9.73. The van der Waals surface area contributed by atoms with Crippen molar-refractivity contribution in [2.45, 2.75) is 96.9 Å². The van der Waals surface area contributed by atoms with E-state index < -0.39 is 5.79 Å². The van der Waals surface area contributed by atoms with Gasteiger partial charge in [0.2, 0.25) is 0 Å². The molecule has 2 atom stereocenters. The van der Waals surface area contributed by atoms with Crippen LogP contribution in [0.15, 0.2) is 0 Å². The van der Waals surface area contributed by atoms with E-state index in [0.29, 0.717) is 6.10 Å². The van der Waals surface area contributed by atoms with Crippen LogP contribution < -0.4 is 0 Å². The Morgan fingerprint density at radius 3 is 2.00 bits per heavy atom. The molecule has 25 heavy (non-hydrogen) atoms. The van der Waals surface area contributed by atoms with Gasteiger partial charge in [-0.15, -0.1) is 0 Å². The van der Waals surface area contributed by atoms with Crippen molar-refractivity contribution < 1.29 is 18.9 Å². The summed E-state index contributed by atoms with van der Waals surface area (Å²) in [6.07, 6.45) is 12.8. The Morgan fingerprint density at radius 1 is 0.880 bits per heavy atom. The van der Waals surface area contributed by atoms with Gasteiger partial charge in [-0.3, -0.25) is 0 Å². The molecule has 0 spiro atoms. The van der Waals surface area contributed by atoms with Gasteiger partial charge < -0.3 is 18.9 Å². The van der Waals surface area contributed by atoms with Crippen molar-refractivity contribution in [2.75, 3.05) is 34.0 Å². The molecule has 0 aromatic rings. The van der Waals surface area contributed by atoms with Crippen LogP contribution in [0.4, 0.5) is 0 Å². The lowest BCUT2D eigenvalue weighted by Crippen LogP contribution is -2.47. The van der Waals surface area contributed by atoms with Crippen molar-refractivity contribution in [3.8, 4) is 0 Å². The summed E-state index contributed by atoms with van der Waals surface area (Å²) in [5.74, 6) is -0.529. The van der Waals surface area contributed by atoms with Crippen molar-refractivity contribution in [3.63, 3.8) is 0 Å². The zero-order valence-corrected chi connectivity index (χ0v) is 17.4.